The number of aromatic nitrogens is 1. The lowest BCUT2D eigenvalue weighted by Crippen LogP contribution is -2.49. The molecule has 2 fully saturated rings. The van der Waals surface area contributed by atoms with Gasteiger partial charge in [-0.2, -0.15) is 0 Å². The van der Waals surface area contributed by atoms with E-state index in [9.17, 15) is 9.59 Å². The van der Waals surface area contributed by atoms with Gasteiger partial charge >= 0.3 is 6.09 Å². The lowest BCUT2D eigenvalue weighted by atomic mass is 9.99. The van der Waals surface area contributed by atoms with Gasteiger partial charge in [0.15, 0.2) is 0 Å². The van der Waals surface area contributed by atoms with E-state index >= 15 is 0 Å². The van der Waals surface area contributed by atoms with E-state index in [2.05, 4.69) is 16.8 Å². The Labute approximate surface area is 154 Å². The van der Waals surface area contributed by atoms with Crippen LogP contribution in [-0.2, 0) is 4.74 Å². The van der Waals surface area contributed by atoms with Gasteiger partial charge in [0, 0.05) is 39.3 Å². The molecule has 0 aliphatic carbocycles. The van der Waals surface area contributed by atoms with Gasteiger partial charge in [0.05, 0.1) is 18.5 Å². The number of pyridine rings is 1. The van der Waals surface area contributed by atoms with Crippen LogP contribution in [0.15, 0.2) is 18.3 Å². The Bertz CT molecular complexity index is 618. The molecule has 3 rings (SSSR count). The van der Waals surface area contributed by atoms with Crippen LogP contribution in [0.2, 0.25) is 0 Å². The van der Waals surface area contributed by atoms with Gasteiger partial charge in [-0.15, -0.1) is 0 Å². The third-order valence-corrected chi connectivity index (χ3v) is 5.21. The van der Waals surface area contributed by atoms with Crippen LogP contribution in [0.3, 0.4) is 0 Å². The lowest BCUT2D eigenvalue weighted by Gasteiger charge is -2.35. The van der Waals surface area contributed by atoms with Crippen LogP contribution >= 0.6 is 0 Å². The van der Waals surface area contributed by atoms with Gasteiger partial charge in [0.25, 0.3) is 5.91 Å². The zero-order valence-corrected chi connectivity index (χ0v) is 15.7. The zero-order valence-electron chi connectivity index (χ0n) is 15.7. The number of piperazine rings is 1. The number of anilines is 1. The molecule has 0 N–H and O–H groups in total. The number of hydrogen-bond acceptors (Lipinski definition) is 5. The number of amides is 2. The minimum Gasteiger partial charge on any atom is -0.450 e. The van der Waals surface area contributed by atoms with Crippen LogP contribution < -0.4 is 4.90 Å². The Morgan fingerprint density at radius 2 is 1.77 bits per heavy atom. The second kappa shape index (κ2) is 8.38. The summed E-state index contributed by atoms with van der Waals surface area (Å²) in [6, 6.07) is 3.76. The molecule has 2 amide bonds. The largest absolute Gasteiger partial charge is 0.450 e. The second-order valence-corrected chi connectivity index (χ2v) is 7.05. The summed E-state index contributed by atoms with van der Waals surface area (Å²) < 4.78 is 5.04. The van der Waals surface area contributed by atoms with Gasteiger partial charge < -0.3 is 19.4 Å². The second-order valence-electron chi connectivity index (χ2n) is 7.05. The molecule has 142 valence electrons. The fourth-order valence-corrected chi connectivity index (χ4v) is 3.44. The molecular formula is C19H28N4O3. The topological polar surface area (TPSA) is 66.0 Å². The van der Waals surface area contributed by atoms with E-state index in [1.54, 1.807) is 11.1 Å². The number of ether oxygens (including phenoxy) is 1. The SMILES string of the molecule is CCOC(=O)N1CCN(c2ccc(C(=O)N3CCC(C)CC3)nc2)CC1. The summed E-state index contributed by atoms with van der Waals surface area (Å²) in [5.41, 5.74) is 1.49. The van der Waals surface area contributed by atoms with E-state index in [1.807, 2.05) is 24.0 Å². The minimum absolute atomic E-state index is 0.0237. The van der Waals surface area contributed by atoms with Crippen LogP contribution in [0.25, 0.3) is 0 Å². The highest BCUT2D eigenvalue weighted by Gasteiger charge is 2.24. The van der Waals surface area contributed by atoms with Crippen molar-refractivity contribution in [3.05, 3.63) is 24.0 Å². The van der Waals surface area contributed by atoms with Gasteiger partial charge in [-0.05, 0) is 37.8 Å². The zero-order chi connectivity index (χ0) is 18.5. The lowest BCUT2D eigenvalue weighted by molar-refractivity contribution is 0.0691. The third kappa shape index (κ3) is 4.26. The number of carbonyl (C=O) groups excluding carboxylic acids is 2. The highest BCUT2D eigenvalue weighted by Crippen LogP contribution is 2.20. The molecule has 2 aliphatic rings. The number of rotatable bonds is 3. The molecule has 26 heavy (non-hydrogen) atoms. The van der Waals surface area contributed by atoms with Crippen molar-refractivity contribution < 1.29 is 14.3 Å². The van der Waals surface area contributed by atoms with Crippen molar-refractivity contribution in [3.8, 4) is 0 Å². The van der Waals surface area contributed by atoms with Crippen LogP contribution in [0.1, 0.15) is 37.2 Å². The number of piperidine rings is 1. The van der Waals surface area contributed by atoms with Gasteiger partial charge in [0.1, 0.15) is 5.69 Å². The maximum atomic E-state index is 12.6. The molecule has 1 aromatic rings. The highest BCUT2D eigenvalue weighted by molar-refractivity contribution is 5.92. The smallest absolute Gasteiger partial charge is 0.409 e. The highest BCUT2D eigenvalue weighted by atomic mass is 16.6. The number of carbonyl (C=O) groups is 2. The fraction of sp³-hybridized carbons (Fsp3) is 0.632. The van der Waals surface area contributed by atoms with Crippen molar-refractivity contribution in [1.29, 1.82) is 0 Å². The summed E-state index contributed by atoms with van der Waals surface area (Å²) >= 11 is 0. The Balaban J connectivity index is 1.55. The number of nitrogens with zero attached hydrogens (tertiary/aromatic N) is 4. The van der Waals surface area contributed by atoms with Crippen molar-refractivity contribution in [2.24, 2.45) is 5.92 Å². The molecule has 0 aromatic carbocycles. The van der Waals surface area contributed by atoms with Gasteiger partial charge in [-0.1, -0.05) is 6.92 Å². The molecule has 0 saturated carbocycles. The maximum Gasteiger partial charge on any atom is 0.409 e. The Morgan fingerprint density at radius 3 is 2.35 bits per heavy atom. The molecule has 3 heterocycles. The van der Waals surface area contributed by atoms with E-state index < -0.39 is 0 Å². The normalized spacial score (nSPS) is 18.8. The monoisotopic (exact) mass is 360 g/mol. The molecule has 0 bridgehead atoms. The average molecular weight is 360 g/mol. The summed E-state index contributed by atoms with van der Waals surface area (Å²) in [4.78, 5) is 34.5. The first-order valence-electron chi connectivity index (χ1n) is 9.50. The Hall–Kier alpha value is -2.31. The van der Waals surface area contributed by atoms with Crippen molar-refractivity contribution >= 4 is 17.7 Å². The molecule has 0 radical (unpaired) electrons. The molecular weight excluding hydrogens is 332 g/mol. The first kappa shape index (κ1) is 18.5. The third-order valence-electron chi connectivity index (χ3n) is 5.21. The van der Waals surface area contributed by atoms with Crippen LogP contribution in [-0.4, -0.2) is 72.7 Å². The molecule has 0 atom stereocenters. The molecule has 7 heteroatoms. The molecule has 0 spiro atoms. The van der Waals surface area contributed by atoms with Crippen molar-refractivity contribution in [3.63, 3.8) is 0 Å². The van der Waals surface area contributed by atoms with Gasteiger partial charge in [0.2, 0.25) is 0 Å². The van der Waals surface area contributed by atoms with Crippen molar-refractivity contribution in [1.82, 2.24) is 14.8 Å². The van der Waals surface area contributed by atoms with Gasteiger partial charge in [-0.3, -0.25) is 4.79 Å². The fourth-order valence-electron chi connectivity index (χ4n) is 3.44. The summed E-state index contributed by atoms with van der Waals surface area (Å²) in [6.45, 7) is 8.81. The maximum absolute atomic E-state index is 12.6. The molecule has 1 aromatic heterocycles. The average Bonchev–Trinajstić information content (AvgIpc) is 2.68. The Kier molecular flexibility index (Phi) is 5.96. The minimum atomic E-state index is -0.248. The van der Waals surface area contributed by atoms with Crippen LogP contribution in [0.5, 0.6) is 0 Å². The number of likely N-dealkylation sites (tertiary alicyclic amines) is 1. The van der Waals surface area contributed by atoms with Crippen LogP contribution in [0.4, 0.5) is 10.5 Å². The molecule has 7 nitrogen and oxygen atoms in total. The van der Waals surface area contributed by atoms with Gasteiger partial charge in [-0.25, -0.2) is 9.78 Å². The van der Waals surface area contributed by atoms with E-state index in [-0.39, 0.29) is 12.0 Å². The van der Waals surface area contributed by atoms with Crippen molar-refractivity contribution in [2.75, 3.05) is 50.8 Å². The summed E-state index contributed by atoms with van der Waals surface area (Å²) in [6.07, 6.45) is 3.64. The predicted molar refractivity (Wildman–Crippen MR) is 99.3 cm³/mol. The standard InChI is InChI=1S/C19H28N4O3/c1-3-26-19(25)23-12-10-21(11-13-23)16-4-5-17(20-14-16)18(24)22-8-6-15(2)7-9-22/h4-5,14-15H,3,6-13H2,1-2H3. The molecule has 2 aliphatic heterocycles. The van der Waals surface area contributed by atoms with Crippen molar-refractivity contribution in [2.45, 2.75) is 26.7 Å². The predicted octanol–water partition coefficient (Wildman–Crippen LogP) is 2.23. The summed E-state index contributed by atoms with van der Waals surface area (Å²) in [5, 5.41) is 0. The van der Waals surface area contributed by atoms with E-state index in [0.717, 1.165) is 44.7 Å². The first-order chi connectivity index (χ1) is 12.6. The van der Waals surface area contributed by atoms with E-state index in [4.69, 9.17) is 4.74 Å². The Morgan fingerprint density at radius 1 is 1.08 bits per heavy atom. The summed E-state index contributed by atoms with van der Waals surface area (Å²) in [7, 11) is 0. The summed E-state index contributed by atoms with van der Waals surface area (Å²) in [5.74, 6) is 0.721. The molecule has 0 unspecified atom stereocenters. The quantitative estimate of drug-likeness (QED) is 0.827. The van der Waals surface area contributed by atoms with E-state index in [0.29, 0.717) is 31.3 Å². The van der Waals surface area contributed by atoms with E-state index in [1.165, 1.54) is 0 Å². The first-order valence-corrected chi connectivity index (χ1v) is 9.50. The van der Waals surface area contributed by atoms with Crippen LogP contribution in [0, 0.1) is 5.92 Å². The number of hydrogen-bond donors (Lipinski definition) is 0. The molecule has 2 saturated heterocycles.